The molecule has 0 aliphatic heterocycles. The summed E-state index contributed by atoms with van der Waals surface area (Å²) in [7, 11) is 0. The third-order valence-electron chi connectivity index (χ3n) is 2.86. The quantitative estimate of drug-likeness (QED) is 0.609. The van der Waals surface area contributed by atoms with Gasteiger partial charge in [-0.1, -0.05) is 19.3 Å². The summed E-state index contributed by atoms with van der Waals surface area (Å²) in [6.45, 7) is 0. The molecule has 0 aromatic rings. The van der Waals surface area contributed by atoms with E-state index in [1.165, 1.54) is 31.0 Å². The lowest BCUT2D eigenvalue weighted by Crippen LogP contribution is -2.69. The van der Waals surface area contributed by atoms with Crippen molar-refractivity contribution in [2.24, 2.45) is 0 Å². The molecule has 0 spiro atoms. The minimum atomic E-state index is -1.16. The monoisotopic (exact) mass is 260 g/mol. The Morgan fingerprint density at radius 3 is 2.59 bits per heavy atom. The number of amides is 1. The van der Waals surface area contributed by atoms with Crippen molar-refractivity contribution in [2.75, 3.05) is 11.5 Å². The van der Waals surface area contributed by atoms with Gasteiger partial charge in [0.1, 0.15) is 6.04 Å². The molecule has 0 radical (unpaired) electrons. The number of carboxylic acid groups (broad SMARTS) is 1. The second kappa shape index (κ2) is 7.55. The lowest BCUT2D eigenvalue weighted by atomic mass is 9.95. The molecular formula is C11H20N2O3S. The van der Waals surface area contributed by atoms with Crippen LogP contribution in [0, 0.1) is 0 Å². The van der Waals surface area contributed by atoms with Gasteiger partial charge in [0, 0.05) is 6.04 Å². The number of thioether (sulfide) groups is 1. The molecule has 1 aliphatic carbocycles. The zero-order valence-corrected chi connectivity index (χ0v) is 10.8. The van der Waals surface area contributed by atoms with Gasteiger partial charge in [0.25, 0.3) is 0 Å². The van der Waals surface area contributed by atoms with E-state index >= 15 is 0 Å². The topological polar surface area (TPSA) is 96.9 Å². The maximum atomic E-state index is 11.5. The Hall–Kier alpha value is -0.750. The lowest BCUT2D eigenvalue weighted by Gasteiger charge is -2.22. The molecular weight excluding hydrogens is 240 g/mol. The van der Waals surface area contributed by atoms with Crippen molar-refractivity contribution in [2.45, 2.75) is 44.2 Å². The summed E-state index contributed by atoms with van der Waals surface area (Å²) in [5.41, 5.74) is 3.44. The van der Waals surface area contributed by atoms with Crippen molar-refractivity contribution in [1.82, 2.24) is 5.32 Å². The lowest BCUT2D eigenvalue weighted by molar-refractivity contribution is -0.431. The molecule has 17 heavy (non-hydrogen) atoms. The van der Waals surface area contributed by atoms with Crippen LogP contribution in [0.15, 0.2) is 0 Å². The number of carbonyl (C=O) groups is 2. The predicted octanol–water partition coefficient (Wildman–Crippen LogP) is -1.47. The summed E-state index contributed by atoms with van der Waals surface area (Å²) in [6.07, 6.45) is 5.75. The van der Waals surface area contributed by atoms with Gasteiger partial charge in [0.05, 0.1) is 17.5 Å². The molecule has 1 atom stereocenters. The normalized spacial score (nSPS) is 18.6. The van der Waals surface area contributed by atoms with E-state index < -0.39 is 12.0 Å². The van der Waals surface area contributed by atoms with Crippen LogP contribution in [0.3, 0.4) is 0 Å². The summed E-state index contributed by atoms with van der Waals surface area (Å²) < 4.78 is 0. The zero-order chi connectivity index (χ0) is 12.7. The van der Waals surface area contributed by atoms with E-state index in [-0.39, 0.29) is 5.91 Å². The molecule has 5 nitrogen and oxygen atoms in total. The molecule has 1 amide bonds. The number of hydrogen-bond acceptors (Lipinski definition) is 4. The summed E-state index contributed by atoms with van der Waals surface area (Å²) in [6, 6.07) is -0.434. The Labute approximate surface area is 106 Å². The predicted molar refractivity (Wildman–Crippen MR) is 64.0 cm³/mol. The Kier molecular flexibility index (Phi) is 6.36. The molecule has 98 valence electrons. The van der Waals surface area contributed by atoms with Gasteiger partial charge in [-0.3, -0.25) is 4.79 Å². The van der Waals surface area contributed by atoms with Crippen LogP contribution in [-0.4, -0.2) is 35.5 Å². The van der Waals surface area contributed by atoms with Gasteiger partial charge in [-0.25, -0.2) is 0 Å². The number of hydrogen-bond donors (Lipinski definition) is 2. The molecule has 0 unspecified atom stereocenters. The summed E-state index contributed by atoms with van der Waals surface area (Å²) in [4.78, 5) is 22.0. The van der Waals surface area contributed by atoms with E-state index in [0.717, 1.165) is 12.8 Å². The van der Waals surface area contributed by atoms with E-state index in [4.69, 9.17) is 0 Å². The maximum Gasteiger partial charge on any atom is 0.230 e. The van der Waals surface area contributed by atoms with Crippen LogP contribution in [0.4, 0.5) is 0 Å². The van der Waals surface area contributed by atoms with Crippen LogP contribution in [0.5, 0.6) is 0 Å². The van der Waals surface area contributed by atoms with Crippen LogP contribution < -0.4 is 16.2 Å². The summed E-state index contributed by atoms with van der Waals surface area (Å²) in [5.74, 6) is -0.548. The highest BCUT2D eigenvalue weighted by molar-refractivity contribution is 8.00. The Balaban J connectivity index is 2.10. The van der Waals surface area contributed by atoms with Crippen molar-refractivity contribution < 1.29 is 20.4 Å². The first-order valence-electron chi connectivity index (χ1n) is 6.00. The largest absolute Gasteiger partial charge is 0.544 e. The molecule has 1 saturated carbocycles. The average Bonchev–Trinajstić information content (AvgIpc) is 2.30. The van der Waals surface area contributed by atoms with Crippen molar-refractivity contribution in [3.05, 3.63) is 0 Å². The average molecular weight is 260 g/mol. The number of aliphatic carboxylic acids is 1. The second-order valence-electron chi connectivity index (χ2n) is 4.43. The van der Waals surface area contributed by atoms with Crippen LogP contribution in [0.25, 0.3) is 0 Å². The van der Waals surface area contributed by atoms with Gasteiger partial charge in [0.15, 0.2) is 0 Å². The first-order valence-corrected chi connectivity index (χ1v) is 7.16. The summed E-state index contributed by atoms with van der Waals surface area (Å²) >= 11 is 1.29. The number of quaternary nitrogens is 1. The van der Waals surface area contributed by atoms with Crippen molar-refractivity contribution in [3.8, 4) is 0 Å². The first kappa shape index (κ1) is 14.3. The van der Waals surface area contributed by atoms with E-state index in [0.29, 0.717) is 17.5 Å². The highest BCUT2D eigenvalue weighted by atomic mass is 32.2. The van der Waals surface area contributed by atoms with E-state index in [1.807, 2.05) is 0 Å². The Morgan fingerprint density at radius 1 is 1.35 bits per heavy atom. The fraction of sp³-hybridized carbons (Fsp3) is 0.818. The molecule has 0 saturated heterocycles. The standard InChI is InChI=1S/C11H20N2O3S/c12-9(11(15)16)6-17-7-10(14)13-8-4-2-1-3-5-8/h8-9H,1-7,12H2,(H,13,14)(H,15,16)/t9-/m0/s1. The number of carbonyl (C=O) groups excluding carboxylic acids is 2. The Morgan fingerprint density at radius 2 is 2.00 bits per heavy atom. The van der Waals surface area contributed by atoms with E-state index in [9.17, 15) is 14.7 Å². The molecule has 4 N–H and O–H groups in total. The fourth-order valence-electron chi connectivity index (χ4n) is 1.88. The van der Waals surface area contributed by atoms with Crippen LogP contribution in [0.1, 0.15) is 32.1 Å². The maximum absolute atomic E-state index is 11.5. The van der Waals surface area contributed by atoms with Crippen LogP contribution >= 0.6 is 11.8 Å². The van der Waals surface area contributed by atoms with Crippen LogP contribution in [0.2, 0.25) is 0 Å². The van der Waals surface area contributed by atoms with Crippen molar-refractivity contribution >= 4 is 23.6 Å². The van der Waals surface area contributed by atoms with Gasteiger partial charge in [0.2, 0.25) is 5.91 Å². The van der Waals surface area contributed by atoms with Crippen LogP contribution in [-0.2, 0) is 9.59 Å². The minimum absolute atomic E-state index is 0.00699. The third kappa shape index (κ3) is 5.93. The van der Waals surface area contributed by atoms with Gasteiger partial charge in [-0.2, -0.15) is 0 Å². The fourth-order valence-corrected chi connectivity index (χ4v) is 2.69. The first-order chi connectivity index (χ1) is 8.09. The van der Waals surface area contributed by atoms with Gasteiger partial charge < -0.3 is 21.0 Å². The smallest absolute Gasteiger partial charge is 0.230 e. The zero-order valence-electron chi connectivity index (χ0n) is 9.94. The highest BCUT2D eigenvalue weighted by Crippen LogP contribution is 2.17. The Bertz CT molecular complexity index is 267. The number of rotatable bonds is 6. The second-order valence-corrected chi connectivity index (χ2v) is 5.46. The van der Waals surface area contributed by atoms with Gasteiger partial charge in [-0.15, -0.1) is 11.8 Å². The van der Waals surface area contributed by atoms with E-state index in [2.05, 4.69) is 11.1 Å². The molecule has 0 aromatic heterocycles. The number of nitrogens with one attached hydrogen (secondary N) is 1. The molecule has 1 rings (SSSR count). The van der Waals surface area contributed by atoms with Crippen molar-refractivity contribution in [1.29, 1.82) is 0 Å². The molecule has 0 bridgehead atoms. The van der Waals surface area contributed by atoms with E-state index in [1.54, 1.807) is 0 Å². The molecule has 1 fully saturated rings. The molecule has 0 aromatic carbocycles. The van der Waals surface area contributed by atoms with Gasteiger partial charge >= 0.3 is 0 Å². The summed E-state index contributed by atoms with van der Waals surface area (Å²) in [5, 5.41) is 13.4. The minimum Gasteiger partial charge on any atom is -0.544 e. The molecule has 1 aliphatic rings. The molecule has 6 heteroatoms. The SMILES string of the molecule is [NH3+][C@@H](CSCC(=O)NC1CCCCC1)C(=O)[O-]. The van der Waals surface area contributed by atoms with Crippen molar-refractivity contribution in [3.63, 3.8) is 0 Å². The number of carboxylic acids is 1. The van der Waals surface area contributed by atoms with Gasteiger partial charge in [-0.05, 0) is 12.8 Å². The highest BCUT2D eigenvalue weighted by Gasteiger charge is 2.16. The third-order valence-corrected chi connectivity index (χ3v) is 3.96. The molecule has 0 heterocycles.